The summed E-state index contributed by atoms with van der Waals surface area (Å²) in [5.41, 5.74) is 1.93. The van der Waals surface area contributed by atoms with Crippen molar-refractivity contribution in [3.8, 4) is 17.6 Å². The van der Waals surface area contributed by atoms with E-state index in [1.165, 1.54) is 37.0 Å². The minimum atomic E-state index is -1.17. The quantitative estimate of drug-likeness (QED) is 0.178. The fourth-order valence-electron chi connectivity index (χ4n) is 4.47. The maximum absolute atomic E-state index is 14.6. The van der Waals surface area contributed by atoms with E-state index >= 15 is 0 Å². The highest BCUT2D eigenvalue weighted by atomic mass is 19.2. The van der Waals surface area contributed by atoms with E-state index in [0.717, 1.165) is 50.5 Å². The van der Waals surface area contributed by atoms with Gasteiger partial charge < -0.3 is 4.74 Å². The second-order valence-corrected chi connectivity index (χ2v) is 9.07. The monoisotopic (exact) mass is 452 g/mol. The summed E-state index contributed by atoms with van der Waals surface area (Å²) in [5, 5.41) is 0. The summed E-state index contributed by atoms with van der Waals surface area (Å²) in [5.74, 6) is 2.90. The first-order valence-electron chi connectivity index (χ1n) is 12.3. The zero-order valence-corrected chi connectivity index (χ0v) is 19.8. The fraction of sp³-hybridized carbons (Fsp3) is 0.483. The van der Waals surface area contributed by atoms with Gasteiger partial charge in [-0.3, -0.25) is 4.79 Å². The van der Waals surface area contributed by atoms with E-state index in [1.54, 1.807) is 0 Å². The molecule has 0 spiro atoms. The topological polar surface area (TPSA) is 26.3 Å². The molecule has 1 aliphatic carbocycles. The van der Waals surface area contributed by atoms with E-state index in [-0.39, 0.29) is 17.2 Å². The smallest absolute Gasteiger partial charge is 0.314 e. The van der Waals surface area contributed by atoms with Crippen molar-refractivity contribution < 1.29 is 18.3 Å². The van der Waals surface area contributed by atoms with Crippen LogP contribution in [-0.2, 0) is 11.2 Å². The zero-order chi connectivity index (χ0) is 23.6. The van der Waals surface area contributed by atoms with E-state index in [0.29, 0.717) is 5.92 Å². The predicted octanol–water partition coefficient (Wildman–Crippen LogP) is 7.61. The molecule has 0 radical (unpaired) electrons. The Balaban J connectivity index is 1.61. The van der Waals surface area contributed by atoms with Crippen LogP contribution in [0.5, 0.6) is 5.75 Å². The summed E-state index contributed by atoms with van der Waals surface area (Å²) in [7, 11) is 0. The van der Waals surface area contributed by atoms with Gasteiger partial charge in [-0.1, -0.05) is 63.5 Å². The molecule has 1 saturated carbocycles. The van der Waals surface area contributed by atoms with E-state index in [9.17, 15) is 13.6 Å². The molecule has 0 heterocycles. The summed E-state index contributed by atoms with van der Waals surface area (Å²) in [6, 6.07) is 10.5. The van der Waals surface area contributed by atoms with E-state index in [4.69, 9.17) is 4.74 Å². The van der Waals surface area contributed by atoms with Gasteiger partial charge in [-0.25, -0.2) is 4.39 Å². The van der Waals surface area contributed by atoms with Gasteiger partial charge in [0.2, 0.25) is 5.82 Å². The summed E-state index contributed by atoms with van der Waals surface area (Å²) < 4.78 is 34.3. The molecule has 33 heavy (non-hydrogen) atoms. The molecule has 4 heteroatoms. The Kier molecular flexibility index (Phi) is 9.48. The lowest BCUT2D eigenvalue weighted by Crippen LogP contribution is -2.26. The van der Waals surface area contributed by atoms with Crippen molar-refractivity contribution in [2.75, 3.05) is 0 Å². The van der Waals surface area contributed by atoms with Gasteiger partial charge in [0.25, 0.3) is 0 Å². The lowest BCUT2D eigenvalue weighted by molar-refractivity contribution is -0.140. The summed E-state index contributed by atoms with van der Waals surface area (Å²) in [6.07, 6.45) is 10.4. The van der Waals surface area contributed by atoms with E-state index < -0.39 is 17.6 Å². The molecule has 0 saturated heterocycles. The molecule has 2 aromatic rings. The van der Waals surface area contributed by atoms with Crippen LogP contribution in [0.4, 0.5) is 8.78 Å². The summed E-state index contributed by atoms with van der Waals surface area (Å²) in [4.78, 5) is 12.5. The molecule has 0 N–H and O–H groups in total. The number of benzene rings is 2. The third-order valence-electron chi connectivity index (χ3n) is 6.50. The van der Waals surface area contributed by atoms with Gasteiger partial charge in [0, 0.05) is 5.56 Å². The molecule has 2 nitrogen and oxygen atoms in total. The molecular formula is C29H34F2O2. The zero-order valence-electron chi connectivity index (χ0n) is 19.8. The standard InChI is InChI=1S/C29H34F2O2/c1-3-5-6-8-22-9-11-23(12-10-22)13-16-24-19-20-26(28(31)27(24)30)33-29(32)25-17-14-21(7-4-2)15-18-25/h9-12,19-21,25H,3-8,14-15,17-18H2,1-2H3. The summed E-state index contributed by atoms with van der Waals surface area (Å²) in [6.45, 7) is 4.34. The minimum Gasteiger partial charge on any atom is -0.423 e. The number of esters is 1. The first-order chi connectivity index (χ1) is 16.0. The highest BCUT2D eigenvalue weighted by Gasteiger charge is 2.28. The van der Waals surface area contributed by atoms with Gasteiger partial charge in [-0.05, 0) is 74.3 Å². The van der Waals surface area contributed by atoms with Gasteiger partial charge in [0.15, 0.2) is 11.6 Å². The number of unbranched alkanes of at least 4 members (excludes halogenated alkanes) is 2. The van der Waals surface area contributed by atoms with Crippen molar-refractivity contribution in [2.24, 2.45) is 11.8 Å². The number of halogens is 2. The van der Waals surface area contributed by atoms with Crippen LogP contribution < -0.4 is 4.74 Å². The average Bonchev–Trinajstić information content (AvgIpc) is 2.83. The third kappa shape index (κ3) is 7.16. The van der Waals surface area contributed by atoms with Gasteiger partial charge in [0.1, 0.15) is 0 Å². The van der Waals surface area contributed by atoms with Crippen LogP contribution in [0.25, 0.3) is 0 Å². The van der Waals surface area contributed by atoms with Crippen LogP contribution in [-0.4, -0.2) is 5.97 Å². The molecule has 0 bridgehead atoms. The van der Waals surface area contributed by atoms with Gasteiger partial charge in [-0.15, -0.1) is 0 Å². The molecule has 1 aliphatic rings. The number of ether oxygens (including phenoxy) is 1. The molecule has 1 fully saturated rings. The largest absolute Gasteiger partial charge is 0.423 e. The van der Waals surface area contributed by atoms with Crippen LogP contribution in [0, 0.1) is 35.3 Å². The Morgan fingerprint density at radius 1 is 0.909 bits per heavy atom. The van der Waals surface area contributed by atoms with E-state index in [2.05, 4.69) is 25.7 Å². The van der Waals surface area contributed by atoms with E-state index in [1.807, 2.05) is 24.3 Å². The van der Waals surface area contributed by atoms with Crippen LogP contribution in [0.2, 0.25) is 0 Å². The third-order valence-corrected chi connectivity index (χ3v) is 6.50. The molecule has 0 aliphatic heterocycles. The average molecular weight is 453 g/mol. The molecule has 0 atom stereocenters. The molecule has 3 rings (SSSR count). The Bertz CT molecular complexity index is 977. The van der Waals surface area contributed by atoms with Crippen LogP contribution in [0.3, 0.4) is 0 Å². The van der Waals surface area contributed by atoms with Crippen molar-refractivity contribution in [1.29, 1.82) is 0 Å². The SMILES string of the molecule is CCCCCc1ccc(C#Cc2ccc(OC(=O)C3CCC(CCC)CC3)c(F)c2F)cc1. The van der Waals surface area contributed by atoms with Crippen molar-refractivity contribution in [1.82, 2.24) is 0 Å². The van der Waals surface area contributed by atoms with Gasteiger partial charge in [0.05, 0.1) is 11.5 Å². The molecule has 0 aromatic heterocycles. The Morgan fingerprint density at radius 3 is 2.30 bits per heavy atom. The lowest BCUT2D eigenvalue weighted by Gasteiger charge is -2.26. The molecule has 0 amide bonds. The lowest BCUT2D eigenvalue weighted by atomic mass is 9.80. The van der Waals surface area contributed by atoms with Gasteiger partial charge in [-0.2, -0.15) is 4.39 Å². The van der Waals surface area contributed by atoms with Gasteiger partial charge >= 0.3 is 5.97 Å². The Labute approximate surface area is 196 Å². The second-order valence-electron chi connectivity index (χ2n) is 9.07. The maximum Gasteiger partial charge on any atom is 0.314 e. The van der Waals surface area contributed by atoms with Crippen LogP contribution >= 0.6 is 0 Å². The normalized spacial score (nSPS) is 17.8. The fourth-order valence-corrected chi connectivity index (χ4v) is 4.47. The number of carbonyl (C=O) groups is 1. The van der Waals surface area contributed by atoms with Crippen molar-refractivity contribution in [2.45, 2.75) is 78.1 Å². The number of hydrogen-bond donors (Lipinski definition) is 0. The minimum absolute atomic E-state index is 0.0561. The number of carbonyl (C=O) groups excluding carboxylic acids is 1. The van der Waals surface area contributed by atoms with Crippen LogP contribution in [0.1, 0.15) is 88.3 Å². The predicted molar refractivity (Wildman–Crippen MR) is 128 cm³/mol. The first-order valence-corrected chi connectivity index (χ1v) is 12.3. The Hall–Kier alpha value is -2.67. The highest BCUT2D eigenvalue weighted by molar-refractivity contribution is 5.75. The van der Waals surface area contributed by atoms with Crippen molar-refractivity contribution in [3.05, 3.63) is 64.7 Å². The molecule has 0 unspecified atom stereocenters. The number of rotatable bonds is 8. The summed E-state index contributed by atoms with van der Waals surface area (Å²) >= 11 is 0. The first kappa shape index (κ1) is 25.0. The van der Waals surface area contributed by atoms with Crippen molar-refractivity contribution >= 4 is 5.97 Å². The van der Waals surface area contributed by atoms with Crippen LogP contribution in [0.15, 0.2) is 36.4 Å². The number of hydrogen-bond acceptors (Lipinski definition) is 2. The second kappa shape index (κ2) is 12.5. The maximum atomic E-state index is 14.6. The molecule has 176 valence electrons. The highest BCUT2D eigenvalue weighted by Crippen LogP contribution is 2.33. The molecule has 2 aromatic carbocycles. The molecular weight excluding hydrogens is 418 g/mol. The number of aryl methyl sites for hydroxylation is 1. The van der Waals surface area contributed by atoms with Crippen molar-refractivity contribution in [3.63, 3.8) is 0 Å². The Morgan fingerprint density at radius 2 is 1.64 bits per heavy atom.